The summed E-state index contributed by atoms with van der Waals surface area (Å²) in [6, 6.07) is 9.14. The highest BCUT2D eigenvalue weighted by atomic mass is 32.1. The third-order valence-electron chi connectivity index (χ3n) is 3.65. The molecule has 0 aliphatic heterocycles. The van der Waals surface area contributed by atoms with E-state index in [4.69, 9.17) is 4.42 Å². The molecule has 0 spiro atoms. The van der Waals surface area contributed by atoms with Gasteiger partial charge in [-0.25, -0.2) is 9.97 Å². The molecule has 8 heteroatoms. The molecule has 3 heterocycles. The van der Waals surface area contributed by atoms with E-state index in [0.29, 0.717) is 21.0 Å². The number of aromatic nitrogens is 4. The van der Waals surface area contributed by atoms with Crippen molar-refractivity contribution in [1.29, 1.82) is 5.26 Å². The van der Waals surface area contributed by atoms with E-state index in [1.54, 1.807) is 23.0 Å². The Bertz CT molecular complexity index is 1080. The van der Waals surface area contributed by atoms with Gasteiger partial charge in [0.15, 0.2) is 11.5 Å². The van der Waals surface area contributed by atoms with E-state index in [9.17, 15) is 10.1 Å². The van der Waals surface area contributed by atoms with Crippen LogP contribution < -0.4 is 0 Å². The third kappa shape index (κ3) is 2.70. The number of Topliss-reactive ketones (excluding diaryl/α,β-unsaturated/α-hetero) is 1. The molecule has 0 radical (unpaired) electrons. The van der Waals surface area contributed by atoms with E-state index in [0.717, 1.165) is 5.56 Å². The van der Waals surface area contributed by atoms with Crippen molar-refractivity contribution in [3.63, 3.8) is 0 Å². The maximum absolute atomic E-state index is 12.7. The summed E-state index contributed by atoms with van der Waals surface area (Å²) in [5, 5.41) is 14.2. The zero-order valence-electron chi connectivity index (χ0n) is 13.1. The van der Waals surface area contributed by atoms with Crippen LogP contribution in [0.4, 0.5) is 0 Å². The first kappa shape index (κ1) is 15.2. The van der Waals surface area contributed by atoms with E-state index in [1.165, 1.54) is 17.5 Å². The molecule has 122 valence electrons. The Balaban J connectivity index is 1.66. The number of rotatable bonds is 4. The fraction of sp³-hybridized carbons (Fsp3) is 0.118. The molecule has 1 aromatic carbocycles. The van der Waals surface area contributed by atoms with Crippen molar-refractivity contribution in [3.8, 4) is 16.6 Å². The van der Waals surface area contributed by atoms with Crippen LogP contribution >= 0.6 is 11.3 Å². The largest absolute Gasteiger partial charge is 0.439 e. The number of carbonyl (C=O) groups excluding carboxylic acids is 1. The van der Waals surface area contributed by atoms with Gasteiger partial charge in [-0.05, 0) is 12.1 Å². The minimum absolute atomic E-state index is 0.102. The lowest BCUT2D eigenvalue weighted by Crippen LogP contribution is -2.10. The van der Waals surface area contributed by atoms with Gasteiger partial charge in [0.25, 0.3) is 0 Å². The number of nitrogens with zero attached hydrogens (tertiary/aromatic N) is 5. The topological polar surface area (TPSA) is 97.6 Å². The highest BCUT2D eigenvalue weighted by Crippen LogP contribution is 2.29. The molecule has 7 nitrogen and oxygen atoms in total. The molecule has 4 aromatic rings. The zero-order valence-corrected chi connectivity index (χ0v) is 13.9. The van der Waals surface area contributed by atoms with Gasteiger partial charge in [-0.15, -0.1) is 11.3 Å². The Morgan fingerprint density at radius 3 is 2.92 bits per heavy atom. The number of thiazole rings is 1. The predicted molar refractivity (Wildman–Crippen MR) is 91.0 cm³/mol. The molecule has 0 saturated heterocycles. The number of ketones is 1. The quantitative estimate of drug-likeness (QED) is 0.525. The molecule has 4 rings (SSSR count). The summed E-state index contributed by atoms with van der Waals surface area (Å²) in [5.74, 6) is -1.37. The molecule has 0 bridgehead atoms. The van der Waals surface area contributed by atoms with Crippen LogP contribution in [-0.2, 0) is 7.05 Å². The van der Waals surface area contributed by atoms with E-state index in [-0.39, 0.29) is 11.7 Å². The van der Waals surface area contributed by atoms with Gasteiger partial charge in [-0.1, -0.05) is 12.1 Å². The summed E-state index contributed by atoms with van der Waals surface area (Å²) in [5.41, 5.74) is 1.98. The molecule has 0 aliphatic carbocycles. The van der Waals surface area contributed by atoms with Crippen LogP contribution in [0.15, 0.2) is 47.3 Å². The number of nitriles is 1. The van der Waals surface area contributed by atoms with Crippen molar-refractivity contribution in [2.45, 2.75) is 5.92 Å². The summed E-state index contributed by atoms with van der Waals surface area (Å²) < 4.78 is 7.24. The summed E-state index contributed by atoms with van der Waals surface area (Å²) in [6.45, 7) is 0. The number of hydrogen-bond donors (Lipinski definition) is 0. The molecule has 0 unspecified atom stereocenters. The first-order valence-corrected chi connectivity index (χ1v) is 8.21. The van der Waals surface area contributed by atoms with E-state index in [2.05, 4.69) is 15.1 Å². The summed E-state index contributed by atoms with van der Waals surface area (Å²) >= 11 is 1.22. The van der Waals surface area contributed by atoms with Crippen molar-refractivity contribution < 1.29 is 9.21 Å². The van der Waals surface area contributed by atoms with Crippen molar-refractivity contribution in [3.05, 3.63) is 53.6 Å². The van der Waals surface area contributed by atoms with Gasteiger partial charge in [0.05, 0.1) is 17.1 Å². The van der Waals surface area contributed by atoms with Gasteiger partial charge < -0.3 is 4.42 Å². The van der Waals surface area contributed by atoms with Crippen molar-refractivity contribution in [2.24, 2.45) is 7.05 Å². The fourth-order valence-electron chi connectivity index (χ4n) is 2.43. The Morgan fingerprint density at radius 1 is 1.36 bits per heavy atom. The Hall–Kier alpha value is -3.31. The first-order valence-electron chi connectivity index (χ1n) is 7.40. The summed E-state index contributed by atoms with van der Waals surface area (Å²) in [4.78, 5) is 21.6. The zero-order chi connectivity index (χ0) is 17.4. The molecule has 0 N–H and O–H groups in total. The normalized spacial score (nSPS) is 12.2. The smallest absolute Gasteiger partial charge is 0.220 e. The molecule has 0 saturated carbocycles. The highest BCUT2D eigenvalue weighted by molar-refractivity contribution is 7.17. The molecule has 0 aliphatic rings. The molecule has 25 heavy (non-hydrogen) atoms. The van der Waals surface area contributed by atoms with Crippen LogP contribution in [0.2, 0.25) is 0 Å². The number of hydrogen-bond acceptors (Lipinski definition) is 7. The van der Waals surface area contributed by atoms with Crippen molar-refractivity contribution >= 4 is 28.2 Å². The molecule has 0 amide bonds. The average molecular weight is 349 g/mol. The fourth-order valence-corrected chi connectivity index (χ4v) is 3.30. The van der Waals surface area contributed by atoms with Crippen LogP contribution in [0.5, 0.6) is 0 Å². The Morgan fingerprint density at radius 2 is 2.20 bits per heavy atom. The Labute approximate surface area is 146 Å². The van der Waals surface area contributed by atoms with Crippen LogP contribution in [-0.4, -0.2) is 25.5 Å². The van der Waals surface area contributed by atoms with Crippen LogP contribution in [0.1, 0.15) is 21.5 Å². The van der Waals surface area contributed by atoms with E-state index >= 15 is 0 Å². The number of oxazole rings is 1. The lowest BCUT2D eigenvalue weighted by molar-refractivity contribution is 0.0974. The maximum atomic E-state index is 12.7. The number of benzene rings is 1. The van der Waals surface area contributed by atoms with Gasteiger partial charge in [-0.3, -0.25) is 9.48 Å². The molecular formula is C17H11N5O2S. The lowest BCUT2D eigenvalue weighted by Gasteiger charge is -2.00. The molecular weight excluding hydrogens is 338 g/mol. The minimum atomic E-state index is -1.10. The van der Waals surface area contributed by atoms with Gasteiger partial charge in [0.1, 0.15) is 10.5 Å². The minimum Gasteiger partial charge on any atom is -0.439 e. The maximum Gasteiger partial charge on any atom is 0.220 e. The second-order valence-corrected chi connectivity index (χ2v) is 6.41. The lowest BCUT2D eigenvalue weighted by atomic mass is 10.1. The third-order valence-corrected chi connectivity index (χ3v) is 4.71. The molecule has 0 fully saturated rings. The van der Waals surface area contributed by atoms with Gasteiger partial charge in [0.2, 0.25) is 11.7 Å². The van der Waals surface area contributed by atoms with Crippen LogP contribution in [0, 0.1) is 11.3 Å². The monoisotopic (exact) mass is 349 g/mol. The number of para-hydroxylation sites is 2. The molecule has 3 aromatic heterocycles. The van der Waals surface area contributed by atoms with E-state index in [1.807, 2.05) is 31.4 Å². The first-order chi connectivity index (χ1) is 12.2. The van der Waals surface area contributed by atoms with Crippen LogP contribution in [0.3, 0.4) is 0 Å². The highest BCUT2D eigenvalue weighted by Gasteiger charge is 2.28. The van der Waals surface area contributed by atoms with Crippen molar-refractivity contribution in [1.82, 2.24) is 19.7 Å². The van der Waals surface area contributed by atoms with Crippen LogP contribution in [0.25, 0.3) is 21.7 Å². The van der Waals surface area contributed by atoms with E-state index < -0.39 is 5.92 Å². The number of carbonyl (C=O) groups is 1. The SMILES string of the molecule is Cn1cc(-c2ncc(C(=O)[C@H](C#N)c3nc4ccccc4o3)s2)cn1. The van der Waals surface area contributed by atoms with Crippen molar-refractivity contribution in [2.75, 3.05) is 0 Å². The number of fused-ring (bicyclic) bond motifs is 1. The van der Waals surface area contributed by atoms with Gasteiger partial charge in [-0.2, -0.15) is 10.4 Å². The average Bonchev–Trinajstić information content (AvgIpc) is 3.33. The second kappa shape index (κ2) is 5.96. The number of aryl methyl sites for hydroxylation is 1. The summed E-state index contributed by atoms with van der Waals surface area (Å²) in [6.07, 6.45) is 4.97. The van der Waals surface area contributed by atoms with Gasteiger partial charge >= 0.3 is 0 Å². The summed E-state index contributed by atoms with van der Waals surface area (Å²) in [7, 11) is 1.81. The molecule has 1 atom stereocenters. The standard InChI is InChI=1S/C17H11N5O2S/c1-22-9-10(7-20-22)17-19-8-14(25-17)15(23)11(6-18)16-21-12-4-2-3-5-13(12)24-16/h2-5,7-9,11H,1H3/t11-/m0/s1. The second-order valence-electron chi connectivity index (χ2n) is 5.38. The predicted octanol–water partition coefficient (Wildman–Crippen LogP) is 3.17. The van der Waals surface area contributed by atoms with Gasteiger partial charge in [0, 0.05) is 25.0 Å². The Kier molecular flexibility index (Phi) is 3.63.